The summed E-state index contributed by atoms with van der Waals surface area (Å²) in [5.41, 5.74) is 1.60. The molecule has 0 radical (unpaired) electrons. The molecule has 2 heterocycles. The first-order valence-corrected chi connectivity index (χ1v) is 12.1. The molecule has 160 valence electrons. The molecule has 2 aliphatic rings. The van der Waals surface area contributed by atoms with Crippen molar-refractivity contribution < 1.29 is 13.2 Å². The molecule has 0 saturated carbocycles. The minimum atomic E-state index is -3.57. The molecule has 0 aromatic heterocycles. The maximum Gasteiger partial charge on any atom is 0.254 e. The van der Waals surface area contributed by atoms with Gasteiger partial charge in [0.05, 0.1) is 4.90 Å². The van der Waals surface area contributed by atoms with Crippen molar-refractivity contribution in [3.05, 3.63) is 60.2 Å². The van der Waals surface area contributed by atoms with Crippen LogP contribution in [0, 0.1) is 5.92 Å². The first-order chi connectivity index (χ1) is 14.4. The maximum atomic E-state index is 13.1. The predicted octanol–water partition coefficient (Wildman–Crippen LogP) is 3.07. The van der Waals surface area contributed by atoms with Crippen molar-refractivity contribution in [3.8, 4) is 0 Å². The Labute approximate surface area is 179 Å². The van der Waals surface area contributed by atoms with Crippen LogP contribution < -0.4 is 4.90 Å². The standard InChI is InChI=1S/C23H29N3O3S/c1-19-7-6-12-26(18-19)30(28,29)22-11-5-8-20(17-22)23(27)25-15-13-24(14-16-25)21-9-3-2-4-10-21/h2-5,8-11,17,19H,6-7,12-16,18H2,1H3. The number of sulfonamides is 1. The molecule has 2 fully saturated rings. The normalized spacial score (nSPS) is 20.9. The van der Waals surface area contributed by atoms with Gasteiger partial charge in [0.1, 0.15) is 0 Å². The van der Waals surface area contributed by atoms with Gasteiger partial charge in [-0.05, 0) is 49.1 Å². The summed E-state index contributed by atoms with van der Waals surface area (Å²) in [6, 6.07) is 16.7. The van der Waals surface area contributed by atoms with Crippen molar-refractivity contribution >= 4 is 21.6 Å². The maximum absolute atomic E-state index is 13.1. The predicted molar refractivity (Wildman–Crippen MR) is 118 cm³/mol. The van der Waals surface area contributed by atoms with Gasteiger partial charge in [0, 0.05) is 50.5 Å². The summed E-state index contributed by atoms with van der Waals surface area (Å²) in [6.07, 6.45) is 1.93. The fraction of sp³-hybridized carbons (Fsp3) is 0.435. The van der Waals surface area contributed by atoms with E-state index in [1.807, 2.05) is 23.1 Å². The van der Waals surface area contributed by atoms with E-state index in [0.717, 1.165) is 31.6 Å². The van der Waals surface area contributed by atoms with Gasteiger partial charge >= 0.3 is 0 Å². The Hall–Kier alpha value is -2.38. The average Bonchev–Trinajstić information content (AvgIpc) is 2.79. The third kappa shape index (κ3) is 4.37. The lowest BCUT2D eigenvalue weighted by Gasteiger charge is -2.36. The highest BCUT2D eigenvalue weighted by Crippen LogP contribution is 2.24. The smallest absolute Gasteiger partial charge is 0.254 e. The monoisotopic (exact) mass is 427 g/mol. The summed E-state index contributed by atoms with van der Waals surface area (Å²) in [5.74, 6) is 0.256. The summed E-state index contributed by atoms with van der Waals surface area (Å²) >= 11 is 0. The summed E-state index contributed by atoms with van der Waals surface area (Å²) in [4.78, 5) is 17.3. The molecule has 0 N–H and O–H groups in total. The van der Waals surface area contributed by atoms with Crippen LogP contribution >= 0.6 is 0 Å². The van der Waals surface area contributed by atoms with Gasteiger partial charge in [-0.25, -0.2) is 8.42 Å². The molecule has 0 bridgehead atoms. The van der Waals surface area contributed by atoms with E-state index < -0.39 is 10.0 Å². The van der Waals surface area contributed by atoms with Crippen LogP contribution in [-0.2, 0) is 10.0 Å². The molecule has 0 aliphatic carbocycles. The van der Waals surface area contributed by atoms with Crippen LogP contribution in [0.1, 0.15) is 30.1 Å². The zero-order chi connectivity index (χ0) is 21.1. The molecule has 2 aromatic rings. The Morgan fingerprint density at radius 1 is 0.933 bits per heavy atom. The Kier molecular flexibility index (Phi) is 6.11. The number of benzene rings is 2. The average molecular weight is 428 g/mol. The van der Waals surface area contributed by atoms with Gasteiger partial charge in [0.25, 0.3) is 5.91 Å². The first-order valence-electron chi connectivity index (χ1n) is 10.6. The Morgan fingerprint density at radius 2 is 1.67 bits per heavy atom. The van der Waals surface area contributed by atoms with Gasteiger partial charge in [0.15, 0.2) is 0 Å². The molecule has 4 rings (SSSR count). The number of carbonyl (C=O) groups excluding carboxylic acids is 1. The number of rotatable bonds is 4. The SMILES string of the molecule is CC1CCCN(S(=O)(=O)c2cccc(C(=O)N3CCN(c4ccccc4)CC3)c2)C1. The molecular formula is C23H29N3O3S. The zero-order valence-electron chi connectivity index (χ0n) is 17.4. The molecule has 6 nitrogen and oxygen atoms in total. The first kappa shape index (κ1) is 20.9. The lowest BCUT2D eigenvalue weighted by Crippen LogP contribution is -2.48. The topological polar surface area (TPSA) is 60.9 Å². The van der Waals surface area contributed by atoms with Crippen molar-refractivity contribution in [3.63, 3.8) is 0 Å². The van der Waals surface area contributed by atoms with E-state index >= 15 is 0 Å². The van der Waals surface area contributed by atoms with Crippen LogP contribution in [-0.4, -0.2) is 62.8 Å². The minimum Gasteiger partial charge on any atom is -0.368 e. The second kappa shape index (κ2) is 8.78. The molecule has 1 unspecified atom stereocenters. The third-order valence-corrected chi connectivity index (χ3v) is 7.89. The molecule has 2 aromatic carbocycles. The van der Waals surface area contributed by atoms with E-state index in [1.54, 1.807) is 28.6 Å². The van der Waals surface area contributed by atoms with E-state index in [0.29, 0.717) is 37.7 Å². The van der Waals surface area contributed by atoms with Crippen LogP contribution in [0.3, 0.4) is 0 Å². The largest absolute Gasteiger partial charge is 0.368 e. The highest BCUT2D eigenvalue weighted by molar-refractivity contribution is 7.89. The second-order valence-electron chi connectivity index (χ2n) is 8.25. The quantitative estimate of drug-likeness (QED) is 0.752. The minimum absolute atomic E-state index is 0.105. The third-order valence-electron chi connectivity index (χ3n) is 6.03. The number of carbonyl (C=O) groups is 1. The van der Waals surface area contributed by atoms with E-state index in [2.05, 4.69) is 24.0 Å². The molecular weight excluding hydrogens is 398 g/mol. The number of anilines is 1. The van der Waals surface area contributed by atoms with Gasteiger partial charge in [-0.3, -0.25) is 4.79 Å². The van der Waals surface area contributed by atoms with Crippen LogP contribution in [0.5, 0.6) is 0 Å². The molecule has 7 heteroatoms. The second-order valence-corrected chi connectivity index (χ2v) is 10.2. The number of piperidine rings is 1. The Bertz CT molecular complexity index is 986. The van der Waals surface area contributed by atoms with Gasteiger partial charge in [0.2, 0.25) is 10.0 Å². The molecule has 1 amide bonds. The summed E-state index contributed by atoms with van der Waals surface area (Å²) < 4.78 is 27.7. The molecule has 2 saturated heterocycles. The number of hydrogen-bond donors (Lipinski definition) is 0. The molecule has 30 heavy (non-hydrogen) atoms. The van der Waals surface area contributed by atoms with Gasteiger partial charge in [-0.1, -0.05) is 31.2 Å². The molecule has 1 atom stereocenters. The number of amides is 1. The van der Waals surface area contributed by atoms with Crippen molar-refractivity contribution in [2.24, 2.45) is 5.92 Å². The lowest BCUT2D eigenvalue weighted by atomic mass is 10.0. The van der Waals surface area contributed by atoms with Crippen LogP contribution in [0.2, 0.25) is 0 Å². The van der Waals surface area contributed by atoms with Crippen molar-refractivity contribution in [2.45, 2.75) is 24.7 Å². The molecule has 0 spiro atoms. The fourth-order valence-electron chi connectivity index (χ4n) is 4.29. The van der Waals surface area contributed by atoms with Crippen molar-refractivity contribution in [1.82, 2.24) is 9.21 Å². The number of nitrogens with zero attached hydrogens (tertiary/aromatic N) is 3. The highest BCUT2D eigenvalue weighted by atomic mass is 32.2. The summed E-state index contributed by atoms with van der Waals surface area (Å²) in [5, 5.41) is 0. The van der Waals surface area contributed by atoms with E-state index in [9.17, 15) is 13.2 Å². The zero-order valence-corrected chi connectivity index (χ0v) is 18.2. The summed E-state index contributed by atoms with van der Waals surface area (Å²) in [7, 11) is -3.57. The van der Waals surface area contributed by atoms with E-state index in [1.165, 1.54) is 0 Å². The van der Waals surface area contributed by atoms with Crippen LogP contribution in [0.15, 0.2) is 59.5 Å². The van der Waals surface area contributed by atoms with Crippen molar-refractivity contribution in [2.75, 3.05) is 44.2 Å². The van der Waals surface area contributed by atoms with Gasteiger partial charge in [-0.2, -0.15) is 4.31 Å². The Morgan fingerprint density at radius 3 is 2.37 bits per heavy atom. The number of hydrogen-bond acceptors (Lipinski definition) is 4. The van der Waals surface area contributed by atoms with Gasteiger partial charge in [-0.15, -0.1) is 0 Å². The van der Waals surface area contributed by atoms with Crippen LogP contribution in [0.4, 0.5) is 5.69 Å². The van der Waals surface area contributed by atoms with E-state index in [4.69, 9.17) is 0 Å². The number of piperazine rings is 1. The Balaban J connectivity index is 1.45. The molecule has 2 aliphatic heterocycles. The lowest BCUT2D eigenvalue weighted by molar-refractivity contribution is 0.0746. The fourth-order valence-corrected chi connectivity index (χ4v) is 5.94. The highest BCUT2D eigenvalue weighted by Gasteiger charge is 2.30. The van der Waals surface area contributed by atoms with Crippen molar-refractivity contribution in [1.29, 1.82) is 0 Å². The van der Waals surface area contributed by atoms with Gasteiger partial charge < -0.3 is 9.80 Å². The number of para-hydroxylation sites is 1. The van der Waals surface area contributed by atoms with E-state index in [-0.39, 0.29) is 10.8 Å². The van der Waals surface area contributed by atoms with Crippen LogP contribution in [0.25, 0.3) is 0 Å². The summed E-state index contributed by atoms with van der Waals surface area (Å²) in [6.45, 7) is 5.94.